The molecular weight excluding hydrogens is 326 g/mol. The number of carboxylic acids is 1. The van der Waals surface area contributed by atoms with E-state index in [9.17, 15) is 14.4 Å². The van der Waals surface area contributed by atoms with Crippen molar-refractivity contribution in [1.29, 1.82) is 5.26 Å². The number of hydrogen-bond donors (Lipinski definition) is 4. The van der Waals surface area contributed by atoms with Crippen LogP contribution in [0.4, 0.5) is 10.5 Å². The van der Waals surface area contributed by atoms with Crippen molar-refractivity contribution in [3.63, 3.8) is 0 Å². The predicted molar refractivity (Wildman–Crippen MR) is 88.3 cm³/mol. The number of hydrazine groups is 1. The lowest BCUT2D eigenvalue weighted by atomic mass is 10.2. The highest BCUT2D eigenvalue weighted by molar-refractivity contribution is 5.89. The number of nitrogens with one attached hydrogen (secondary N) is 3. The molecule has 1 unspecified atom stereocenters. The molecule has 0 spiro atoms. The van der Waals surface area contributed by atoms with Gasteiger partial charge in [0, 0.05) is 6.54 Å². The smallest absolute Gasteiger partial charge is 0.325 e. The van der Waals surface area contributed by atoms with Gasteiger partial charge >= 0.3 is 12.0 Å². The van der Waals surface area contributed by atoms with Crippen LogP contribution in [0.15, 0.2) is 24.3 Å². The lowest BCUT2D eigenvalue weighted by Gasteiger charge is -2.25. The van der Waals surface area contributed by atoms with Crippen LogP contribution in [0.3, 0.4) is 0 Å². The number of rotatable bonds is 5. The molecule has 132 valence electrons. The normalized spacial score (nSPS) is 17.3. The minimum Gasteiger partial charge on any atom is -0.480 e. The monoisotopic (exact) mass is 345 g/mol. The number of anilines is 1. The summed E-state index contributed by atoms with van der Waals surface area (Å²) < 4.78 is 0. The van der Waals surface area contributed by atoms with Crippen LogP contribution in [-0.4, -0.2) is 46.5 Å². The molecule has 9 nitrogen and oxygen atoms in total. The van der Waals surface area contributed by atoms with Crippen LogP contribution in [-0.2, 0) is 9.59 Å². The van der Waals surface area contributed by atoms with Crippen LogP contribution < -0.4 is 16.2 Å². The molecule has 9 heteroatoms. The second-order valence-corrected chi connectivity index (χ2v) is 5.66. The number of likely N-dealkylation sites (tertiary alicyclic amines) is 1. The molecule has 0 aromatic heterocycles. The van der Waals surface area contributed by atoms with Crippen LogP contribution in [0.25, 0.3) is 0 Å². The van der Waals surface area contributed by atoms with Gasteiger partial charge in [-0.1, -0.05) is 0 Å². The van der Waals surface area contributed by atoms with Crippen molar-refractivity contribution in [2.24, 2.45) is 0 Å². The van der Waals surface area contributed by atoms with E-state index in [1.54, 1.807) is 24.3 Å². The van der Waals surface area contributed by atoms with E-state index >= 15 is 0 Å². The predicted octanol–water partition coefficient (Wildman–Crippen LogP) is 0.648. The Morgan fingerprint density at radius 2 is 2.00 bits per heavy atom. The number of carbonyl (C=O) groups excluding carboxylic acids is 2. The number of carboxylic acid groups (broad SMARTS) is 1. The van der Waals surface area contributed by atoms with Crippen molar-refractivity contribution in [2.45, 2.75) is 31.8 Å². The maximum absolute atomic E-state index is 12.3. The molecule has 0 bridgehead atoms. The number of urea groups is 1. The van der Waals surface area contributed by atoms with Crippen molar-refractivity contribution in [1.82, 2.24) is 15.6 Å². The number of hydrogen-bond acceptors (Lipinski definition) is 5. The van der Waals surface area contributed by atoms with Gasteiger partial charge in [-0.2, -0.15) is 5.26 Å². The molecule has 1 aliphatic rings. The summed E-state index contributed by atoms with van der Waals surface area (Å²) in [6.07, 6.45) is 1.15. The summed E-state index contributed by atoms with van der Waals surface area (Å²) >= 11 is 0. The summed E-state index contributed by atoms with van der Waals surface area (Å²) in [7, 11) is 0. The zero-order valence-electron chi connectivity index (χ0n) is 13.7. The average Bonchev–Trinajstić information content (AvgIpc) is 3.09. The molecule has 1 saturated heterocycles. The fraction of sp³-hybridized carbons (Fsp3) is 0.375. The number of benzene rings is 1. The zero-order chi connectivity index (χ0) is 18.4. The van der Waals surface area contributed by atoms with Crippen molar-refractivity contribution < 1.29 is 19.5 Å². The third-order valence-electron chi connectivity index (χ3n) is 3.87. The van der Waals surface area contributed by atoms with Crippen LogP contribution >= 0.6 is 0 Å². The molecule has 0 aliphatic carbocycles. The number of aliphatic carboxylic acids is 1. The van der Waals surface area contributed by atoms with E-state index in [0.717, 1.165) is 0 Å². The second kappa shape index (κ2) is 8.01. The van der Waals surface area contributed by atoms with Crippen molar-refractivity contribution in [2.75, 3.05) is 12.0 Å². The Morgan fingerprint density at radius 1 is 1.32 bits per heavy atom. The van der Waals surface area contributed by atoms with E-state index in [2.05, 4.69) is 16.2 Å². The Kier molecular flexibility index (Phi) is 5.79. The molecule has 2 atom stereocenters. The van der Waals surface area contributed by atoms with Crippen molar-refractivity contribution >= 4 is 23.6 Å². The molecule has 0 radical (unpaired) electrons. The number of amides is 3. The van der Waals surface area contributed by atoms with Gasteiger partial charge in [-0.15, -0.1) is 0 Å². The van der Waals surface area contributed by atoms with Gasteiger partial charge < -0.3 is 15.3 Å². The van der Waals surface area contributed by atoms with Gasteiger partial charge in [0.05, 0.1) is 17.3 Å². The first-order valence-corrected chi connectivity index (χ1v) is 7.78. The maximum Gasteiger partial charge on any atom is 0.325 e. The highest BCUT2D eigenvalue weighted by Crippen LogP contribution is 2.18. The van der Waals surface area contributed by atoms with E-state index < -0.39 is 24.1 Å². The van der Waals surface area contributed by atoms with Gasteiger partial charge in [0.1, 0.15) is 12.1 Å². The van der Waals surface area contributed by atoms with Gasteiger partial charge in [0.25, 0.3) is 5.91 Å². The molecule has 2 rings (SSSR count). The average molecular weight is 345 g/mol. The largest absolute Gasteiger partial charge is 0.480 e. The van der Waals surface area contributed by atoms with Crippen LogP contribution in [0.5, 0.6) is 0 Å². The first-order valence-electron chi connectivity index (χ1n) is 7.78. The number of nitriles is 1. The summed E-state index contributed by atoms with van der Waals surface area (Å²) in [4.78, 5) is 36.6. The van der Waals surface area contributed by atoms with Gasteiger partial charge in [-0.3, -0.25) is 20.4 Å². The standard InChI is InChI=1S/C16H19N5O4/c1-10(15(23)24)18-16(25)21-8-2-3-13(21)14(22)20-19-12-6-4-11(9-17)5-7-12/h4-7,10,13,19H,2-3,8H2,1H3,(H,18,25)(H,20,22)(H,23,24)/t10-,13?/m0/s1. The van der Waals surface area contributed by atoms with E-state index in [1.165, 1.54) is 11.8 Å². The van der Waals surface area contributed by atoms with Crippen LogP contribution in [0.1, 0.15) is 25.3 Å². The lowest BCUT2D eigenvalue weighted by molar-refractivity contribution is -0.138. The van der Waals surface area contributed by atoms with E-state index in [4.69, 9.17) is 10.4 Å². The molecular formula is C16H19N5O4. The highest BCUT2D eigenvalue weighted by atomic mass is 16.4. The van der Waals surface area contributed by atoms with Crippen LogP contribution in [0.2, 0.25) is 0 Å². The summed E-state index contributed by atoms with van der Waals surface area (Å²) in [5.41, 5.74) is 6.36. The molecule has 3 amide bonds. The molecule has 1 aromatic carbocycles. The quantitative estimate of drug-likeness (QED) is 0.579. The van der Waals surface area contributed by atoms with E-state index in [0.29, 0.717) is 30.6 Å². The number of carbonyl (C=O) groups is 3. The highest BCUT2D eigenvalue weighted by Gasteiger charge is 2.35. The third kappa shape index (κ3) is 4.60. The fourth-order valence-electron chi connectivity index (χ4n) is 2.46. The minimum atomic E-state index is -1.14. The molecule has 4 N–H and O–H groups in total. The lowest BCUT2D eigenvalue weighted by Crippen LogP contribution is -2.53. The van der Waals surface area contributed by atoms with Crippen molar-refractivity contribution in [3.05, 3.63) is 29.8 Å². The Hall–Kier alpha value is -3.28. The molecule has 25 heavy (non-hydrogen) atoms. The summed E-state index contributed by atoms with van der Waals surface area (Å²) in [5.74, 6) is -1.53. The summed E-state index contributed by atoms with van der Waals surface area (Å²) in [5, 5.41) is 20.0. The topological polar surface area (TPSA) is 135 Å². The Bertz CT molecular complexity index is 697. The number of nitrogens with zero attached hydrogens (tertiary/aromatic N) is 2. The Labute approximate surface area is 144 Å². The second-order valence-electron chi connectivity index (χ2n) is 5.66. The molecule has 1 heterocycles. The van der Waals surface area contributed by atoms with Crippen molar-refractivity contribution in [3.8, 4) is 6.07 Å². The molecule has 0 saturated carbocycles. The van der Waals surface area contributed by atoms with Crippen LogP contribution in [0, 0.1) is 11.3 Å². The molecule has 1 aromatic rings. The maximum atomic E-state index is 12.3. The fourth-order valence-corrected chi connectivity index (χ4v) is 2.46. The van der Waals surface area contributed by atoms with Gasteiger partial charge in [-0.05, 0) is 44.0 Å². The van der Waals surface area contributed by atoms with Gasteiger partial charge in [0.2, 0.25) is 0 Å². The van der Waals surface area contributed by atoms with E-state index in [-0.39, 0.29) is 5.91 Å². The van der Waals surface area contributed by atoms with Gasteiger partial charge in [0.15, 0.2) is 0 Å². The molecule has 1 aliphatic heterocycles. The van der Waals surface area contributed by atoms with E-state index in [1.807, 2.05) is 6.07 Å². The zero-order valence-corrected chi connectivity index (χ0v) is 13.7. The Morgan fingerprint density at radius 3 is 2.60 bits per heavy atom. The first kappa shape index (κ1) is 18.1. The summed E-state index contributed by atoms with van der Waals surface area (Å²) in [6, 6.07) is 6.22. The van der Waals surface area contributed by atoms with Gasteiger partial charge in [-0.25, -0.2) is 4.79 Å². The third-order valence-corrected chi connectivity index (χ3v) is 3.87. The minimum absolute atomic E-state index is 0.382. The molecule has 1 fully saturated rings. The SMILES string of the molecule is C[C@H](NC(=O)N1CCCC1C(=O)NNc1ccc(C#N)cc1)C(=O)O. The first-order chi connectivity index (χ1) is 11.9. The summed E-state index contributed by atoms with van der Waals surface area (Å²) in [6.45, 7) is 1.74. The Balaban J connectivity index is 1.92.